The van der Waals surface area contributed by atoms with E-state index in [1.807, 2.05) is 29.8 Å². The summed E-state index contributed by atoms with van der Waals surface area (Å²) in [5.41, 5.74) is 3.25. The van der Waals surface area contributed by atoms with Crippen molar-refractivity contribution in [2.45, 2.75) is 0 Å². The summed E-state index contributed by atoms with van der Waals surface area (Å²) in [6, 6.07) is 9.76. The van der Waals surface area contributed by atoms with E-state index in [9.17, 15) is 9.18 Å². The summed E-state index contributed by atoms with van der Waals surface area (Å²) in [4.78, 5) is 20.9. The average molecular weight is 387 g/mol. The molecule has 1 N–H and O–H groups in total. The number of hydrogen-bond acceptors (Lipinski definition) is 4. The topological polar surface area (TPSA) is 59.3 Å². The lowest BCUT2D eigenvalue weighted by atomic mass is 10.2. The van der Waals surface area contributed by atoms with E-state index in [4.69, 9.17) is 11.6 Å². The number of amides is 1. The zero-order chi connectivity index (χ0) is 18.3. The van der Waals surface area contributed by atoms with Gasteiger partial charge in [0.25, 0.3) is 5.91 Å². The van der Waals surface area contributed by atoms with Gasteiger partial charge in [-0.2, -0.15) is 4.99 Å². The average Bonchev–Trinajstić information content (AvgIpc) is 3.14. The van der Waals surface area contributed by atoms with Crippen LogP contribution in [-0.2, 0) is 11.8 Å². The van der Waals surface area contributed by atoms with Crippen molar-refractivity contribution in [3.8, 4) is 0 Å². The molecule has 0 atom stereocenters. The highest BCUT2D eigenvalue weighted by Gasteiger charge is 2.22. The third-order valence-corrected chi connectivity index (χ3v) is 5.05. The van der Waals surface area contributed by atoms with Gasteiger partial charge < -0.3 is 9.88 Å². The lowest BCUT2D eigenvalue weighted by molar-refractivity contribution is -0.113. The van der Waals surface area contributed by atoms with E-state index in [0.717, 1.165) is 16.6 Å². The number of benzene rings is 2. The quantitative estimate of drug-likeness (QED) is 0.661. The van der Waals surface area contributed by atoms with Crippen LogP contribution in [0.25, 0.3) is 17.1 Å². The molecule has 1 aromatic heterocycles. The third-order valence-electron chi connectivity index (χ3n) is 3.84. The second-order valence-electron chi connectivity index (χ2n) is 5.69. The molecule has 0 saturated carbocycles. The first kappa shape index (κ1) is 16.8. The van der Waals surface area contributed by atoms with Gasteiger partial charge in [-0.25, -0.2) is 9.37 Å². The fourth-order valence-electron chi connectivity index (χ4n) is 2.55. The first-order valence-electron chi connectivity index (χ1n) is 7.65. The molecule has 0 aliphatic carbocycles. The zero-order valence-corrected chi connectivity index (χ0v) is 15.1. The number of carbonyl (C=O) groups excluding carboxylic acids is 1. The lowest BCUT2D eigenvalue weighted by Crippen LogP contribution is -2.05. The maximum atomic E-state index is 13.1. The van der Waals surface area contributed by atoms with Crippen molar-refractivity contribution >= 4 is 57.2 Å². The highest BCUT2D eigenvalue weighted by atomic mass is 35.5. The lowest BCUT2D eigenvalue weighted by Gasteiger charge is -2.06. The summed E-state index contributed by atoms with van der Waals surface area (Å²) in [6.45, 7) is 0. The normalized spacial score (nSPS) is 15.7. The summed E-state index contributed by atoms with van der Waals surface area (Å²) in [7, 11) is 1.92. The highest BCUT2D eigenvalue weighted by molar-refractivity contribution is 8.18. The fraction of sp³-hybridized carbons (Fsp3) is 0.0556. The number of imidazole rings is 1. The van der Waals surface area contributed by atoms with Crippen molar-refractivity contribution in [3.63, 3.8) is 0 Å². The van der Waals surface area contributed by atoms with E-state index in [0.29, 0.717) is 15.8 Å². The molecule has 2 heterocycles. The molecular formula is C18H12ClFN4OS. The molecule has 0 radical (unpaired) electrons. The molecule has 1 aliphatic rings. The molecule has 0 saturated heterocycles. The molecule has 26 heavy (non-hydrogen) atoms. The number of thioether (sulfide) groups is 1. The first-order valence-corrected chi connectivity index (χ1v) is 8.85. The Bertz CT molecular complexity index is 1110. The van der Waals surface area contributed by atoms with Crippen LogP contribution in [0.5, 0.6) is 0 Å². The van der Waals surface area contributed by atoms with Crippen LogP contribution in [0.15, 0.2) is 52.6 Å². The van der Waals surface area contributed by atoms with Gasteiger partial charge >= 0.3 is 0 Å². The standard InChI is InChI=1S/C18H12ClFN4OS/c1-24-9-21-14-4-2-10(6-15(14)24)7-16-17(25)23-18(26-16)22-13-5-3-11(20)8-12(13)19/h2-9H,1H3,(H,22,23,25). The number of nitrogens with one attached hydrogen (secondary N) is 1. The minimum absolute atomic E-state index is 0.222. The summed E-state index contributed by atoms with van der Waals surface area (Å²) >= 11 is 7.20. The first-order chi connectivity index (χ1) is 12.5. The minimum atomic E-state index is -0.427. The third kappa shape index (κ3) is 3.23. The van der Waals surface area contributed by atoms with E-state index in [-0.39, 0.29) is 10.9 Å². The predicted octanol–water partition coefficient (Wildman–Crippen LogP) is 4.45. The summed E-state index contributed by atoms with van der Waals surface area (Å²) in [6.07, 6.45) is 3.53. The van der Waals surface area contributed by atoms with Crippen molar-refractivity contribution in [2.75, 3.05) is 5.32 Å². The molecule has 0 spiro atoms. The van der Waals surface area contributed by atoms with Crippen LogP contribution in [-0.4, -0.2) is 20.6 Å². The number of aliphatic imine (C=N–C) groups is 1. The van der Waals surface area contributed by atoms with Crippen molar-refractivity contribution in [1.29, 1.82) is 0 Å². The van der Waals surface area contributed by atoms with E-state index in [1.165, 1.54) is 30.0 Å². The number of anilines is 1. The SMILES string of the molecule is Cn1cnc2ccc(C=C3SC(Nc4ccc(F)cc4Cl)=NC3=O)cc21. The molecule has 0 unspecified atom stereocenters. The Kier molecular flexibility index (Phi) is 4.26. The molecule has 4 rings (SSSR count). The van der Waals surface area contributed by atoms with E-state index < -0.39 is 5.82 Å². The Morgan fingerprint density at radius 2 is 2.12 bits per heavy atom. The molecule has 5 nitrogen and oxygen atoms in total. The van der Waals surface area contributed by atoms with Gasteiger partial charge in [-0.15, -0.1) is 0 Å². The Morgan fingerprint density at radius 3 is 2.92 bits per heavy atom. The molecule has 2 aromatic carbocycles. The van der Waals surface area contributed by atoms with Crippen LogP contribution >= 0.6 is 23.4 Å². The van der Waals surface area contributed by atoms with Crippen LogP contribution < -0.4 is 5.32 Å². The molecule has 8 heteroatoms. The number of nitrogens with zero attached hydrogens (tertiary/aromatic N) is 3. The Balaban J connectivity index is 1.56. The maximum absolute atomic E-state index is 13.1. The molecule has 3 aromatic rings. The smallest absolute Gasteiger partial charge is 0.286 e. The van der Waals surface area contributed by atoms with Crippen molar-refractivity contribution in [3.05, 3.63) is 64.0 Å². The monoisotopic (exact) mass is 386 g/mol. The van der Waals surface area contributed by atoms with Gasteiger partial charge in [0.1, 0.15) is 5.82 Å². The minimum Gasteiger partial charge on any atom is -0.334 e. The number of aryl methyl sites for hydroxylation is 1. The van der Waals surface area contributed by atoms with Crippen LogP contribution in [0.2, 0.25) is 5.02 Å². The zero-order valence-electron chi connectivity index (χ0n) is 13.5. The molecule has 1 amide bonds. The molecule has 130 valence electrons. The summed E-state index contributed by atoms with van der Waals surface area (Å²) in [5, 5.41) is 3.58. The van der Waals surface area contributed by atoms with Gasteiger partial charge in [0.15, 0.2) is 5.17 Å². The second-order valence-corrected chi connectivity index (χ2v) is 7.12. The largest absolute Gasteiger partial charge is 0.334 e. The number of fused-ring (bicyclic) bond motifs is 1. The van der Waals surface area contributed by atoms with Crippen LogP contribution in [0, 0.1) is 5.82 Å². The molecular weight excluding hydrogens is 375 g/mol. The number of aromatic nitrogens is 2. The fourth-order valence-corrected chi connectivity index (χ4v) is 3.59. The number of halogens is 2. The second kappa shape index (κ2) is 6.59. The Morgan fingerprint density at radius 1 is 1.27 bits per heavy atom. The molecule has 1 aliphatic heterocycles. The number of rotatable bonds is 2. The van der Waals surface area contributed by atoms with E-state index in [1.54, 1.807) is 12.4 Å². The Labute approximate surface area is 157 Å². The highest BCUT2D eigenvalue weighted by Crippen LogP contribution is 2.31. The van der Waals surface area contributed by atoms with Crippen molar-refractivity contribution < 1.29 is 9.18 Å². The van der Waals surface area contributed by atoms with Crippen molar-refractivity contribution in [2.24, 2.45) is 12.0 Å². The predicted molar refractivity (Wildman–Crippen MR) is 104 cm³/mol. The van der Waals surface area contributed by atoms with E-state index in [2.05, 4.69) is 15.3 Å². The summed E-state index contributed by atoms with van der Waals surface area (Å²) in [5.74, 6) is -0.760. The molecule has 0 fully saturated rings. The van der Waals surface area contributed by atoms with Gasteiger partial charge in [0.05, 0.1) is 33.0 Å². The van der Waals surface area contributed by atoms with Gasteiger partial charge in [-0.1, -0.05) is 17.7 Å². The van der Waals surface area contributed by atoms with Gasteiger partial charge in [0, 0.05) is 7.05 Å². The number of amidine groups is 1. The van der Waals surface area contributed by atoms with Crippen LogP contribution in [0.4, 0.5) is 10.1 Å². The van der Waals surface area contributed by atoms with Crippen LogP contribution in [0.3, 0.4) is 0 Å². The van der Waals surface area contributed by atoms with E-state index >= 15 is 0 Å². The van der Waals surface area contributed by atoms with Crippen LogP contribution in [0.1, 0.15) is 5.56 Å². The number of carbonyl (C=O) groups is 1. The Hall–Kier alpha value is -2.64. The maximum Gasteiger partial charge on any atom is 0.286 e. The summed E-state index contributed by atoms with van der Waals surface area (Å²) < 4.78 is 15.0. The number of hydrogen-bond donors (Lipinski definition) is 1. The van der Waals surface area contributed by atoms with Gasteiger partial charge in [-0.3, -0.25) is 4.79 Å². The van der Waals surface area contributed by atoms with Crippen molar-refractivity contribution in [1.82, 2.24) is 9.55 Å². The van der Waals surface area contributed by atoms with Gasteiger partial charge in [-0.05, 0) is 53.7 Å². The molecule has 0 bridgehead atoms. The van der Waals surface area contributed by atoms with Gasteiger partial charge in [0.2, 0.25) is 0 Å².